The fraction of sp³-hybridized carbons (Fsp3) is 0.100. The minimum Gasteiger partial charge on any atom is -0.476 e. The Hall–Kier alpha value is -1.82. The topological polar surface area (TPSA) is 70.0 Å². The first-order valence-electron chi connectivity index (χ1n) is 4.51. The van der Waals surface area contributed by atoms with Gasteiger partial charge in [-0.15, -0.1) is 0 Å². The smallest absolute Gasteiger partial charge is 0.363 e. The summed E-state index contributed by atoms with van der Waals surface area (Å²) in [6, 6.07) is 8.75. The van der Waals surface area contributed by atoms with E-state index in [-0.39, 0.29) is 16.7 Å². The molecule has 0 fully saturated rings. The maximum atomic E-state index is 11.6. The van der Waals surface area contributed by atoms with Crippen LogP contribution in [-0.4, -0.2) is 27.8 Å². The van der Waals surface area contributed by atoms with Gasteiger partial charge in [0.05, 0.1) is 11.4 Å². The van der Waals surface area contributed by atoms with Crippen molar-refractivity contribution in [3.63, 3.8) is 0 Å². The van der Waals surface area contributed by atoms with E-state index in [0.717, 1.165) is 16.8 Å². The first-order chi connectivity index (χ1) is 7.68. The molecule has 16 heavy (non-hydrogen) atoms. The standard InChI is InChI=1S/C10H8N2O3S/c13-8-6-16-9(10(14)15)11-12(8)7-4-2-1-3-5-7/h1-5H,6H2,(H,14,15). The van der Waals surface area contributed by atoms with Gasteiger partial charge in [0.25, 0.3) is 5.91 Å². The Labute approximate surface area is 95.8 Å². The van der Waals surface area contributed by atoms with Crippen molar-refractivity contribution in [1.29, 1.82) is 0 Å². The molecule has 1 N–H and O–H groups in total. The van der Waals surface area contributed by atoms with Crippen LogP contribution in [0.2, 0.25) is 0 Å². The number of aliphatic carboxylic acids is 1. The highest BCUT2D eigenvalue weighted by Gasteiger charge is 2.25. The molecule has 82 valence electrons. The van der Waals surface area contributed by atoms with Gasteiger partial charge in [-0.2, -0.15) is 10.1 Å². The number of nitrogens with zero attached hydrogens (tertiary/aromatic N) is 2. The number of hydrogen-bond donors (Lipinski definition) is 1. The van der Waals surface area contributed by atoms with Crippen molar-refractivity contribution >= 4 is 34.4 Å². The molecule has 1 heterocycles. The number of carboxylic acids is 1. The van der Waals surface area contributed by atoms with Gasteiger partial charge in [0, 0.05) is 0 Å². The molecular weight excluding hydrogens is 228 g/mol. The monoisotopic (exact) mass is 236 g/mol. The van der Waals surface area contributed by atoms with Gasteiger partial charge in [0.1, 0.15) is 0 Å². The Morgan fingerprint density at radius 1 is 1.38 bits per heavy atom. The Kier molecular flexibility index (Phi) is 2.91. The number of thioether (sulfide) groups is 1. The number of carbonyl (C=O) groups is 2. The summed E-state index contributed by atoms with van der Waals surface area (Å²) in [6.07, 6.45) is 0. The SMILES string of the molecule is O=C(O)C1=NN(c2ccccc2)C(=O)CS1. The summed E-state index contributed by atoms with van der Waals surface area (Å²) < 4.78 is 0. The van der Waals surface area contributed by atoms with Crippen molar-refractivity contribution in [3.05, 3.63) is 30.3 Å². The highest BCUT2D eigenvalue weighted by molar-refractivity contribution is 8.16. The van der Waals surface area contributed by atoms with Gasteiger partial charge >= 0.3 is 5.97 Å². The normalized spacial score (nSPS) is 15.9. The summed E-state index contributed by atoms with van der Waals surface area (Å²) in [5.74, 6) is -1.24. The molecule has 1 aromatic rings. The number of para-hydroxylation sites is 1. The Morgan fingerprint density at radius 3 is 2.69 bits per heavy atom. The number of hydrogen-bond acceptors (Lipinski definition) is 4. The maximum absolute atomic E-state index is 11.6. The van der Waals surface area contributed by atoms with Crippen LogP contribution in [0.25, 0.3) is 0 Å². The number of hydrazone groups is 1. The quantitative estimate of drug-likeness (QED) is 0.836. The fourth-order valence-corrected chi connectivity index (χ4v) is 1.89. The molecule has 0 atom stereocenters. The molecule has 6 heteroatoms. The van der Waals surface area contributed by atoms with E-state index in [4.69, 9.17) is 5.11 Å². The molecule has 0 aliphatic carbocycles. The van der Waals surface area contributed by atoms with Gasteiger partial charge in [-0.3, -0.25) is 4.79 Å². The van der Waals surface area contributed by atoms with Crippen LogP contribution < -0.4 is 5.01 Å². The molecular formula is C10H8N2O3S. The van der Waals surface area contributed by atoms with Crippen LogP contribution >= 0.6 is 11.8 Å². The molecule has 1 amide bonds. The number of anilines is 1. The van der Waals surface area contributed by atoms with Crippen LogP contribution in [0.15, 0.2) is 35.4 Å². The van der Waals surface area contributed by atoms with Crippen LogP contribution in [-0.2, 0) is 9.59 Å². The molecule has 1 aromatic carbocycles. The van der Waals surface area contributed by atoms with Gasteiger partial charge in [0.15, 0.2) is 0 Å². The van der Waals surface area contributed by atoms with Crippen LogP contribution in [0, 0.1) is 0 Å². The zero-order valence-corrected chi connectivity index (χ0v) is 8.98. The number of benzene rings is 1. The van der Waals surface area contributed by atoms with E-state index in [1.54, 1.807) is 24.3 Å². The van der Waals surface area contributed by atoms with Gasteiger partial charge in [-0.1, -0.05) is 30.0 Å². The summed E-state index contributed by atoms with van der Waals surface area (Å²) in [6.45, 7) is 0. The van der Waals surface area contributed by atoms with Gasteiger partial charge in [-0.25, -0.2) is 4.79 Å². The molecule has 0 saturated carbocycles. The lowest BCUT2D eigenvalue weighted by Crippen LogP contribution is -2.34. The molecule has 5 nitrogen and oxygen atoms in total. The summed E-state index contributed by atoms with van der Waals surface area (Å²) in [4.78, 5) is 22.3. The van der Waals surface area contributed by atoms with E-state index >= 15 is 0 Å². The third-order valence-electron chi connectivity index (χ3n) is 1.94. The van der Waals surface area contributed by atoms with Crippen LogP contribution in [0.4, 0.5) is 5.69 Å². The van der Waals surface area contributed by atoms with Crippen molar-refractivity contribution in [2.45, 2.75) is 0 Å². The zero-order chi connectivity index (χ0) is 11.5. The summed E-state index contributed by atoms with van der Waals surface area (Å²) in [5, 5.41) is 13.7. The van der Waals surface area contributed by atoms with Crippen molar-refractivity contribution in [1.82, 2.24) is 0 Å². The molecule has 0 radical (unpaired) electrons. The summed E-state index contributed by atoms with van der Waals surface area (Å²) in [7, 11) is 0. The third kappa shape index (κ3) is 2.06. The van der Waals surface area contributed by atoms with Gasteiger partial charge in [0.2, 0.25) is 5.04 Å². The minimum absolute atomic E-state index is 0.0662. The molecule has 2 rings (SSSR count). The van der Waals surface area contributed by atoms with Crippen molar-refractivity contribution in [3.8, 4) is 0 Å². The van der Waals surface area contributed by atoms with E-state index in [1.807, 2.05) is 6.07 Å². The highest BCUT2D eigenvalue weighted by Crippen LogP contribution is 2.21. The van der Waals surface area contributed by atoms with Crippen molar-refractivity contribution < 1.29 is 14.7 Å². The molecule has 0 unspecified atom stereocenters. The zero-order valence-electron chi connectivity index (χ0n) is 8.16. The van der Waals surface area contributed by atoms with Gasteiger partial charge < -0.3 is 5.11 Å². The number of carbonyl (C=O) groups excluding carboxylic acids is 1. The van der Waals surface area contributed by atoms with Crippen LogP contribution in [0.1, 0.15) is 0 Å². The first kappa shape index (κ1) is 10.7. The van der Waals surface area contributed by atoms with Crippen LogP contribution in [0.5, 0.6) is 0 Å². The van der Waals surface area contributed by atoms with E-state index in [9.17, 15) is 9.59 Å². The maximum Gasteiger partial charge on any atom is 0.363 e. The summed E-state index contributed by atoms with van der Waals surface area (Å²) >= 11 is 0.937. The largest absolute Gasteiger partial charge is 0.476 e. The van der Waals surface area contributed by atoms with E-state index in [1.165, 1.54) is 0 Å². The lowest BCUT2D eigenvalue weighted by molar-refractivity contribution is -0.129. The molecule has 0 bridgehead atoms. The second-order valence-corrected chi connectivity index (χ2v) is 4.00. The van der Waals surface area contributed by atoms with Crippen LogP contribution in [0.3, 0.4) is 0 Å². The number of amides is 1. The second-order valence-electron chi connectivity index (χ2n) is 3.04. The van der Waals surface area contributed by atoms with Gasteiger partial charge in [-0.05, 0) is 12.1 Å². The minimum atomic E-state index is -1.11. The highest BCUT2D eigenvalue weighted by atomic mass is 32.2. The Balaban J connectivity index is 2.35. The third-order valence-corrected chi connectivity index (χ3v) is 2.86. The van der Waals surface area contributed by atoms with Crippen molar-refractivity contribution in [2.75, 3.05) is 10.8 Å². The lowest BCUT2D eigenvalue weighted by atomic mass is 10.3. The lowest BCUT2D eigenvalue weighted by Gasteiger charge is -2.21. The summed E-state index contributed by atoms with van der Waals surface area (Å²) in [5.41, 5.74) is 0.576. The average Bonchev–Trinajstić information content (AvgIpc) is 2.30. The molecule has 0 aromatic heterocycles. The number of carboxylic acid groups (broad SMARTS) is 1. The Morgan fingerprint density at radius 2 is 2.06 bits per heavy atom. The molecule has 1 aliphatic heterocycles. The predicted molar refractivity (Wildman–Crippen MR) is 61.5 cm³/mol. The number of rotatable bonds is 2. The molecule has 1 aliphatic rings. The first-order valence-corrected chi connectivity index (χ1v) is 5.50. The average molecular weight is 236 g/mol. The second kappa shape index (κ2) is 4.36. The van der Waals surface area contributed by atoms with E-state index < -0.39 is 5.97 Å². The van der Waals surface area contributed by atoms with Crippen molar-refractivity contribution in [2.24, 2.45) is 5.10 Å². The predicted octanol–water partition coefficient (Wildman–Crippen LogP) is 1.16. The van der Waals surface area contributed by atoms with E-state index in [2.05, 4.69) is 5.10 Å². The molecule has 0 saturated heterocycles. The fourth-order valence-electron chi connectivity index (χ4n) is 1.24. The Bertz CT molecular complexity index is 458. The van der Waals surface area contributed by atoms with E-state index in [0.29, 0.717) is 5.69 Å². The molecule has 0 spiro atoms.